The van der Waals surface area contributed by atoms with Gasteiger partial charge >= 0.3 is 0 Å². The van der Waals surface area contributed by atoms with Crippen LogP contribution in [0.4, 0.5) is 10.8 Å². The maximum Gasteiger partial charge on any atom is 0.263 e. The number of benzene rings is 4. The molecule has 0 aliphatic heterocycles. The molecule has 0 saturated heterocycles. The van der Waals surface area contributed by atoms with Gasteiger partial charge in [-0.2, -0.15) is 0 Å². The molecule has 2 amide bonds. The molecule has 4 aromatic carbocycles. The minimum absolute atomic E-state index is 0.206. The Balaban J connectivity index is 1.33. The highest BCUT2D eigenvalue weighted by Crippen LogP contribution is 2.38. The molecule has 224 valence electrons. The fraction of sp³-hybridized carbons (Fsp3) is 0.147. The number of hydrogen-bond donors (Lipinski definition) is 2. The topological polar surface area (TPSA) is 98.8 Å². The molecule has 1 aromatic heterocycles. The lowest BCUT2D eigenvalue weighted by Crippen LogP contribution is -2.19. The van der Waals surface area contributed by atoms with Gasteiger partial charge in [-0.05, 0) is 67.1 Å². The zero-order valence-corrected chi connectivity index (χ0v) is 26.0. The van der Waals surface area contributed by atoms with Crippen molar-refractivity contribution >= 4 is 45.7 Å². The average Bonchev–Trinajstić information content (AvgIpc) is 3.52. The van der Waals surface area contributed by atoms with E-state index < -0.39 is 5.25 Å². The number of aromatic nitrogens is 1. The molecule has 0 bridgehead atoms. The van der Waals surface area contributed by atoms with Crippen molar-refractivity contribution in [3.63, 3.8) is 0 Å². The van der Waals surface area contributed by atoms with Crippen molar-refractivity contribution in [2.45, 2.75) is 17.1 Å². The van der Waals surface area contributed by atoms with Crippen LogP contribution in [0.3, 0.4) is 0 Å². The number of rotatable bonds is 12. The summed E-state index contributed by atoms with van der Waals surface area (Å²) in [6, 6.07) is 29.8. The second-order valence-corrected chi connectivity index (χ2v) is 11.4. The van der Waals surface area contributed by atoms with E-state index in [9.17, 15) is 9.59 Å². The molecule has 44 heavy (non-hydrogen) atoms. The Bertz CT molecular complexity index is 1700. The number of carbonyl (C=O) groups excluding carboxylic acids is 2. The van der Waals surface area contributed by atoms with E-state index in [2.05, 4.69) is 15.6 Å². The van der Waals surface area contributed by atoms with Crippen LogP contribution in [0.15, 0.2) is 107 Å². The van der Waals surface area contributed by atoms with Gasteiger partial charge in [-0.15, -0.1) is 23.1 Å². The van der Waals surface area contributed by atoms with Gasteiger partial charge in [0, 0.05) is 21.5 Å². The quantitative estimate of drug-likeness (QED) is 0.136. The van der Waals surface area contributed by atoms with Crippen molar-refractivity contribution in [1.29, 1.82) is 0 Å². The second kappa shape index (κ2) is 14.6. The zero-order chi connectivity index (χ0) is 30.9. The molecule has 1 atom stereocenters. The summed E-state index contributed by atoms with van der Waals surface area (Å²) in [7, 11) is 3.01. The van der Waals surface area contributed by atoms with Gasteiger partial charge < -0.3 is 24.8 Å². The van der Waals surface area contributed by atoms with Gasteiger partial charge in [0.25, 0.3) is 5.91 Å². The third kappa shape index (κ3) is 7.39. The van der Waals surface area contributed by atoms with Crippen LogP contribution < -0.4 is 24.8 Å². The third-order valence-electron chi connectivity index (χ3n) is 6.54. The van der Waals surface area contributed by atoms with E-state index in [0.717, 1.165) is 27.5 Å². The first-order chi connectivity index (χ1) is 21.5. The van der Waals surface area contributed by atoms with Crippen LogP contribution in [0.5, 0.6) is 17.2 Å². The first-order valence-electron chi connectivity index (χ1n) is 13.8. The standard InChI is InChI=1S/C34H31N3O5S2/c1-4-42-25-18-16-22(17-19-25)27-21-43-34(36-27)37-33(39)31(23-10-6-5-7-11-23)44-26-13-8-12-24(20-26)35-32(38)30-28(40-2)14-9-15-29(30)41-3/h5-21,31H,4H2,1-3H3,(H,35,38)(H,36,37,39). The zero-order valence-electron chi connectivity index (χ0n) is 24.4. The number of nitrogens with one attached hydrogen (secondary N) is 2. The van der Waals surface area contributed by atoms with Gasteiger partial charge in [0.05, 0.1) is 26.5 Å². The first-order valence-corrected chi connectivity index (χ1v) is 15.6. The highest BCUT2D eigenvalue weighted by atomic mass is 32.2. The number of amides is 2. The number of nitrogens with zero attached hydrogens (tertiary/aromatic N) is 1. The molecule has 0 spiro atoms. The van der Waals surface area contributed by atoms with Crippen molar-refractivity contribution < 1.29 is 23.8 Å². The lowest BCUT2D eigenvalue weighted by Gasteiger charge is -2.17. The van der Waals surface area contributed by atoms with E-state index >= 15 is 0 Å². The summed E-state index contributed by atoms with van der Waals surface area (Å²) in [5.74, 6) is 1.03. The summed E-state index contributed by atoms with van der Waals surface area (Å²) >= 11 is 2.75. The molecule has 1 heterocycles. The van der Waals surface area contributed by atoms with Crippen LogP contribution >= 0.6 is 23.1 Å². The SMILES string of the molecule is CCOc1ccc(-c2csc(NC(=O)C(Sc3cccc(NC(=O)c4c(OC)cccc4OC)c3)c3ccccc3)n2)cc1. The molecule has 0 saturated carbocycles. The van der Waals surface area contributed by atoms with Gasteiger partial charge in [-0.25, -0.2) is 4.98 Å². The average molecular weight is 626 g/mol. The minimum Gasteiger partial charge on any atom is -0.496 e. The predicted octanol–water partition coefficient (Wildman–Crippen LogP) is 7.95. The number of anilines is 2. The van der Waals surface area contributed by atoms with E-state index in [1.165, 1.54) is 37.3 Å². The monoisotopic (exact) mass is 625 g/mol. The van der Waals surface area contributed by atoms with Gasteiger partial charge in [0.15, 0.2) is 5.13 Å². The number of hydrogen-bond acceptors (Lipinski definition) is 8. The van der Waals surface area contributed by atoms with Crippen LogP contribution in [0.25, 0.3) is 11.3 Å². The highest BCUT2D eigenvalue weighted by molar-refractivity contribution is 8.00. The molecule has 0 radical (unpaired) electrons. The summed E-state index contributed by atoms with van der Waals surface area (Å²) in [4.78, 5) is 32.4. The first kappa shape index (κ1) is 30.7. The summed E-state index contributed by atoms with van der Waals surface area (Å²) in [5, 5.41) is 7.78. The Kier molecular flexibility index (Phi) is 10.2. The molecule has 0 aliphatic carbocycles. The van der Waals surface area contributed by atoms with E-state index in [0.29, 0.717) is 34.5 Å². The maximum absolute atomic E-state index is 13.7. The predicted molar refractivity (Wildman–Crippen MR) is 176 cm³/mol. The summed E-state index contributed by atoms with van der Waals surface area (Å²) in [5.41, 5.74) is 3.41. The molecule has 0 aliphatic rings. The Labute approximate surface area is 264 Å². The van der Waals surface area contributed by atoms with Gasteiger partial charge in [-0.3, -0.25) is 9.59 Å². The number of thiazole rings is 1. The van der Waals surface area contributed by atoms with Crippen molar-refractivity contribution in [2.75, 3.05) is 31.5 Å². The van der Waals surface area contributed by atoms with E-state index in [-0.39, 0.29) is 11.8 Å². The minimum atomic E-state index is -0.575. The molecule has 0 fully saturated rings. The number of methoxy groups -OCH3 is 2. The summed E-state index contributed by atoms with van der Waals surface area (Å²) in [6.07, 6.45) is 0. The Morgan fingerprint density at radius 3 is 2.25 bits per heavy atom. The number of carbonyl (C=O) groups is 2. The molecule has 10 heteroatoms. The fourth-order valence-electron chi connectivity index (χ4n) is 4.48. The molecule has 5 aromatic rings. The molecular weight excluding hydrogens is 595 g/mol. The summed E-state index contributed by atoms with van der Waals surface area (Å²) in [6.45, 7) is 2.55. The molecule has 2 N–H and O–H groups in total. The smallest absolute Gasteiger partial charge is 0.263 e. The summed E-state index contributed by atoms with van der Waals surface area (Å²) < 4.78 is 16.3. The second-order valence-electron chi connectivity index (χ2n) is 9.41. The Hall–Kier alpha value is -4.80. The maximum atomic E-state index is 13.7. The molecule has 8 nitrogen and oxygen atoms in total. The Morgan fingerprint density at radius 1 is 0.864 bits per heavy atom. The van der Waals surface area contributed by atoms with Crippen molar-refractivity contribution in [2.24, 2.45) is 0 Å². The largest absolute Gasteiger partial charge is 0.496 e. The lowest BCUT2D eigenvalue weighted by molar-refractivity contribution is -0.115. The lowest BCUT2D eigenvalue weighted by atomic mass is 10.1. The third-order valence-corrected chi connectivity index (χ3v) is 8.54. The fourth-order valence-corrected chi connectivity index (χ4v) is 6.28. The van der Waals surface area contributed by atoms with Gasteiger partial charge in [0.1, 0.15) is 28.1 Å². The van der Waals surface area contributed by atoms with Crippen molar-refractivity contribution in [3.05, 3.63) is 114 Å². The van der Waals surface area contributed by atoms with Crippen molar-refractivity contribution in [3.8, 4) is 28.5 Å². The van der Waals surface area contributed by atoms with E-state index in [1.54, 1.807) is 24.3 Å². The Morgan fingerprint density at radius 2 is 1.57 bits per heavy atom. The van der Waals surface area contributed by atoms with Crippen LogP contribution in [0, 0.1) is 0 Å². The van der Waals surface area contributed by atoms with Gasteiger partial charge in [-0.1, -0.05) is 42.5 Å². The molecular formula is C34H31N3O5S2. The number of ether oxygens (including phenoxy) is 3. The normalized spacial score (nSPS) is 11.3. The van der Waals surface area contributed by atoms with Crippen LogP contribution in [0.2, 0.25) is 0 Å². The van der Waals surface area contributed by atoms with Crippen LogP contribution in [0.1, 0.15) is 28.1 Å². The van der Waals surface area contributed by atoms with Crippen LogP contribution in [-0.2, 0) is 4.79 Å². The highest BCUT2D eigenvalue weighted by Gasteiger charge is 2.24. The molecule has 1 unspecified atom stereocenters. The van der Waals surface area contributed by atoms with Crippen LogP contribution in [-0.4, -0.2) is 37.6 Å². The number of thioether (sulfide) groups is 1. The van der Waals surface area contributed by atoms with Crippen molar-refractivity contribution in [1.82, 2.24) is 4.98 Å². The van der Waals surface area contributed by atoms with Gasteiger partial charge in [0.2, 0.25) is 5.91 Å². The molecule has 5 rings (SSSR count). The van der Waals surface area contributed by atoms with E-state index in [1.807, 2.05) is 85.1 Å². The van der Waals surface area contributed by atoms with E-state index in [4.69, 9.17) is 14.2 Å².